The van der Waals surface area contributed by atoms with Crippen molar-refractivity contribution in [3.63, 3.8) is 0 Å². The third-order valence-corrected chi connectivity index (χ3v) is 5.79. The molecule has 0 bridgehead atoms. The molecule has 0 spiro atoms. The second kappa shape index (κ2) is 7.82. The van der Waals surface area contributed by atoms with Crippen molar-refractivity contribution in [3.05, 3.63) is 34.9 Å². The fraction of sp³-hybridized carbons (Fsp3) is 0.524. The summed E-state index contributed by atoms with van der Waals surface area (Å²) in [4.78, 5) is 2.27. The van der Waals surface area contributed by atoms with Crippen LogP contribution in [0.5, 0.6) is 5.75 Å². The number of benzene rings is 1. The summed E-state index contributed by atoms with van der Waals surface area (Å²) < 4.78 is 46.1. The minimum absolute atomic E-state index is 0.0629. The quantitative estimate of drug-likeness (QED) is 0.826. The summed E-state index contributed by atoms with van der Waals surface area (Å²) in [6.45, 7) is 2.01. The molecule has 4 rings (SSSR count). The number of hydrogen-bond acceptors (Lipinski definition) is 5. The third kappa shape index (κ3) is 4.03. The van der Waals surface area contributed by atoms with Crippen molar-refractivity contribution in [1.82, 2.24) is 15.1 Å². The average molecular weight is 406 g/mol. The molecule has 0 saturated carbocycles. The van der Waals surface area contributed by atoms with Gasteiger partial charge in [-0.2, -0.15) is 13.2 Å². The number of methoxy groups -OCH3 is 1. The molecule has 1 fully saturated rings. The van der Waals surface area contributed by atoms with Crippen molar-refractivity contribution in [1.29, 1.82) is 0 Å². The average Bonchev–Trinajstić information content (AvgIpc) is 3.17. The van der Waals surface area contributed by atoms with E-state index in [1.54, 1.807) is 0 Å². The fourth-order valence-corrected chi connectivity index (χ4v) is 4.39. The number of fused-ring (bicyclic) bond motifs is 1. The molecule has 1 atom stereocenters. The highest BCUT2D eigenvalue weighted by molar-refractivity contribution is 5.72. The van der Waals surface area contributed by atoms with Crippen LogP contribution in [0.15, 0.2) is 18.2 Å². The van der Waals surface area contributed by atoms with Crippen molar-refractivity contribution in [2.24, 2.45) is 0 Å². The molecule has 1 saturated heterocycles. The van der Waals surface area contributed by atoms with Gasteiger partial charge in [-0.05, 0) is 69.5 Å². The number of ether oxygens (including phenoxy) is 1. The van der Waals surface area contributed by atoms with E-state index in [4.69, 9.17) is 4.74 Å². The molecule has 2 aromatic rings. The second-order valence-electron chi connectivity index (χ2n) is 7.86. The summed E-state index contributed by atoms with van der Waals surface area (Å²) in [6.07, 6.45) is 0.0814. The molecule has 156 valence electrons. The van der Waals surface area contributed by atoms with Crippen LogP contribution < -0.4 is 10.1 Å². The standard InChI is InChI=1S/C21H25F3N4O/c1-28-10-4-5-13(12-28)25-20-16-7-3-6-15(16)19(26-27-20)17-9-8-14(29-2)11-18(17)21(22,23)24/h8-9,11,13H,3-7,10,12H2,1-2H3,(H,25,27)/t13-/m1/s1. The van der Waals surface area contributed by atoms with Crippen molar-refractivity contribution >= 4 is 5.82 Å². The number of piperidine rings is 1. The van der Waals surface area contributed by atoms with E-state index in [1.807, 2.05) is 0 Å². The van der Waals surface area contributed by atoms with E-state index < -0.39 is 11.7 Å². The molecule has 1 aromatic heterocycles. The molecule has 29 heavy (non-hydrogen) atoms. The Morgan fingerprint density at radius 1 is 1.14 bits per heavy atom. The van der Waals surface area contributed by atoms with Gasteiger partial charge in [0, 0.05) is 23.7 Å². The molecule has 1 aromatic carbocycles. The van der Waals surface area contributed by atoms with Gasteiger partial charge >= 0.3 is 6.18 Å². The maximum absolute atomic E-state index is 13.7. The van der Waals surface area contributed by atoms with Crippen LogP contribution in [0, 0.1) is 0 Å². The first-order valence-electron chi connectivity index (χ1n) is 9.96. The molecule has 0 unspecified atom stereocenters. The van der Waals surface area contributed by atoms with E-state index in [-0.39, 0.29) is 17.4 Å². The van der Waals surface area contributed by atoms with Crippen LogP contribution >= 0.6 is 0 Å². The molecule has 1 N–H and O–H groups in total. The number of nitrogens with one attached hydrogen (secondary N) is 1. The van der Waals surface area contributed by atoms with Crippen molar-refractivity contribution in [2.75, 3.05) is 32.6 Å². The van der Waals surface area contributed by atoms with Crippen LogP contribution in [0.25, 0.3) is 11.3 Å². The van der Waals surface area contributed by atoms with Crippen LogP contribution in [-0.2, 0) is 19.0 Å². The minimum atomic E-state index is -4.50. The largest absolute Gasteiger partial charge is 0.497 e. The maximum Gasteiger partial charge on any atom is 0.417 e. The van der Waals surface area contributed by atoms with Crippen LogP contribution in [0.1, 0.15) is 36.0 Å². The molecule has 1 aliphatic carbocycles. The summed E-state index contributed by atoms with van der Waals surface area (Å²) in [6, 6.07) is 4.29. The summed E-state index contributed by atoms with van der Waals surface area (Å²) in [7, 11) is 3.45. The number of halogens is 3. The van der Waals surface area contributed by atoms with Crippen LogP contribution in [0.4, 0.5) is 19.0 Å². The predicted octanol–water partition coefficient (Wildman–Crippen LogP) is 4.17. The Morgan fingerprint density at radius 3 is 2.66 bits per heavy atom. The Kier molecular flexibility index (Phi) is 5.38. The molecule has 0 amide bonds. The topological polar surface area (TPSA) is 50.3 Å². The molecular formula is C21H25F3N4O. The van der Waals surface area contributed by atoms with Gasteiger partial charge in [0.25, 0.3) is 0 Å². The molecular weight excluding hydrogens is 381 g/mol. The van der Waals surface area contributed by atoms with Gasteiger partial charge in [0.2, 0.25) is 0 Å². The Hall–Kier alpha value is -2.35. The van der Waals surface area contributed by atoms with Gasteiger partial charge in [-0.1, -0.05) is 0 Å². The zero-order valence-electron chi connectivity index (χ0n) is 16.6. The molecule has 8 heteroatoms. The normalized spacial score (nSPS) is 19.8. The molecule has 1 aliphatic heterocycles. The highest BCUT2D eigenvalue weighted by Crippen LogP contribution is 2.42. The lowest BCUT2D eigenvalue weighted by Crippen LogP contribution is -2.40. The van der Waals surface area contributed by atoms with Gasteiger partial charge in [-0.25, -0.2) is 0 Å². The maximum atomic E-state index is 13.7. The number of aromatic nitrogens is 2. The zero-order valence-corrected chi connectivity index (χ0v) is 16.6. The number of anilines is 1. The van der Waals surface area contributed by atoms with E-state index >= 15 is 0 Å². The highest BCUT2D eigenvalue weighted by Gasteiger charge is 2.36. The first-order valence-corrected chi connectivity index (χ1v) is 9.96. The summed E-state index contributed by atoms with van der Waals surface area (Å²) in [5.41, 5.74) is 1.54. The number of alkyl halides is 3. The molecule has 5 nitrogen and oxygen atoms in total. The number of likely N-dealkylation sites (N-methyl/N-ethyl adjacent to an activating group) is 1. The lowest BCUT2D eigenvalue weighted by molar-refractivity contribution is -0.137. The third-order valence-electron chi connectivity index (χ3n) is 5.79. The van der Waals surface area contributed by atoms with Crippen molar-refractivity contribution < 1.29 is 17.9 Å². The first kappa shape index (κ1) is 19.9. The van der Waals surface area contributed by atoms with Gasteiger partial charge in [0.15, 0.2) is 5.82 Å². The number of rotatable bonds is 4. The molecule has 2 aliphatic rings. The van der Waals surface area contributed by atoms with E-state index in [0.717, 1.165) is 61.8 Å². The van der Waals surface area contributed by atoms with Crippen LogP contribution in [0.2, 0.25) is 0 Å². The number of nitrogens with zero attached hydrogens (tertiary/aromatic N) is 3. The van der Waals surface area contributed by atoms with Gasteiger partial charge in [-0.15, -0.1) is 10.2 Å². The number of likely N-dealkylation sites (tertiary alicyclic amines) is 1. The van der Waals surface area contributed by atoms with E-state index in [1.165, 1.54) is 19.2 Å². The second-order valence-corrected chi connectivity index (χ2v) is 7.86. The zero-order chi connectivity index (χ0) is 20.6. The highest BCUT2D eigenvalue weighted by atomic mass is 19.4. The Bertz CT molecular complexity index is 900. The number of hydrogen-bond donors (Lipinski definition) is 1. The SMILES string of the molecule is COc1ccc(-c2nnc(N[C@@H]3CCCN(C)C3)c3c2CCC3)c(C(F)(F)F)c1. The lowest BCUT2D eigenvalue weighted by atomic mass is 9.98. The fourth-order valence-electron chi connectivity index (χ4n) is 4.39. The van der Waals surface area contributed by atoms with Crippen LogP contribution in [0.3, 0.4) is 0 Å². The van der Waals surface area contributed by atoms with E-state index in [2.05, 4.69) is 27.5 Å². The summed E-state index contributed by atoms with van der Waals surface area (Å²) in [5, 5.41) is 12.1. The monoisotopic (exact) mass is 406 g/mol. The first-order chi connectivity index (χ1) is 13.9. The summed E-state index contributed by atoms with van der Waals surface area (Å²) >= 11 is 0. The lowest BCUT2D eigenvalue weighted by Gasteiger charge is -2.31. The van der Waals surface area contributed by atoms with Crippen LogP contribution in [-0.4, -0.2) is 48.4 Å². The van der Waals surface area contributed by atoms with Gasteiger partial charge in [0.1, 0.15) is 5.75 Å². The van der Waals surface area contributed by atoms with E-state index in [0.29, 0.717) is 12.1 Å². The van der Waals surface area contributed by atoms with Crippen molar-refractivity contribution in [2.45, 2.75) is 44.3 Å². The Morgan fingerprint density at radius 2 is 1.93 bits per heavy atom. The molecule has 0 radical (unpaired) electrons. The smallest absolute Gasteiger partial charge is 0.417 e. The van der Waals surface area contributed by atoms with Gasteiger partial charge in [0.05, 0.1) is 18.4 Å². The minimum Gasteiger partial charge on any atom is -0.497 e. The van der Waals surface area contributed by atoms with Gasteiger partial charge < -0.3 is 15.0 Å². The Balaban J connectivity index is 1.73. The van der Waals surface area contributed by atoms with Crippen molar-refractivity contribution in [3.8, 4) is 17.0 Å². The van der Waals surface area contributed by atoms with E-state index in [9.17, 15) is 13.2 Å². The molecule has 2 heterocycles. The Labute approximate surface area is 168 Å². The summed E-state index contributed by atoms with van der Waals surface area (Å²) in [5.74, 6) is 0.897. The van der Waals surface area contributed by atoms with Gasteiger partial charge in [-0.3, -0.25) is 0 Å². The predicted molar refractivity (Wildman–Crippen MR) is 105 cm³/mol.